The van der Waals surface area contributed by atoms with Crippen LogP contribution in [0, 0.1) is 0 Å². The second kappa shape index (κ2) is 3.92. The van der Waals surface area contributed by atoms with Gasteiger partial charge in [0.2, 0.25) is 0 Å². The molecule has 0 unspecified atom stereocenters. The van der Waals surface area contributed by atoms with E-state index in [2.05, 4.69) is 4.98 Å². The number of rotatable bonds is 1. The predicted octanol–water partition coefficient (Wildman–Crippen LogP) is 2.55. The number of nitrogens with one attached hydrogen (secondary N) is 1. The van der Waals surface area contributed by atoms with Crippen LogP contribution in [0.3, 0.4) is 0 Å². The number of halogens is 1. The quantitative estimate of drug-likeness (QED) is 0.660. The zero-order chi connectivity index (χ0) is 12.7. The van der Waals surface area contributed by atoms with E-state index in [1.165, 1.54) is 0 Å². The van der Waals surface area contributed by atoms with Crippen LogP contribution >= 0.6 is 11.6 Å². The molecular formula is C13H10ClN3O. The fourth-order valence-corrected chi connectivity index (χ4v) is 2.14. The predicted molar refractivity (Wildman–Crippen MR) is 73.3 cm³/mol. The smallest absolute Gasteiger partial charge is 0.331 e. The lowest BCUT2D eigenvalue weighted by Gasteiger charge is -2.04. The van der Waals surface area contributed by atoms with E-state index in [1.807, 2.05) is 30.3 Å². The molecule has 0 aliphatic heterocycles. The largest absolute Gasteiger partial charge is 0.397 e. The molecule has 0 amide bonds. The summed E-state index contributed by atoms with van der Waals surface area (Å²) >= 11 is 6.00. The van der Waals surface area contributed by atoms with Gasteiger partial charge in [-0.1, -0.05) is 29.8 Å². The molecule has 0 radical (unpaired) electrons. The number of benzene rings is 2. The van der Waals surface area contributed by atoms with E-state index in [0.717, 1.165) is 5.69 Å². The van der Waals surface area contributed by atoms with Gasteiger partial charge in [0.15, 0.2) is 0 Å². The van der Waals surface area contributed by atoms with Crippen molar-refractivity contribution < 1.29 is 0 Å². The molecule has 0 fully saturated rings. The van der Waals surface area contributed by atoms with Crippen LogP contribution in [-0.4, -0.2) is 9.55 Å². The molecule has 3 N–H and O–H groups in total. The Bertz CT molecular complexity index is 774. The maximum atomic E-state index is 12.0. The summed E-state index contributed by atoms with van der Waals surface area (Å²) in [4.78, 5) is 14.7. The summed E-state index contributed by atoms with van der Waals surface area (Å²) in [5.41, 5.74) is 8.13. The minimum Gasteiger partial charge on any atom is -0.397 e. The Balaban J connectivity index is 2.40. The first kappa shape index (κ1) is 10.9. The molecule has 5 heteroatoms. The van der Waals surface area contributed by atoms with Gasteiger partial charge >= 0.3 is 5.69 Å². The third-order valence-electron chi connectivity index (χ3n) is 2.81. The Kier molecular flexibility index (Phi) is 2.38. The number of imidazole rings is 1. The number of fused-ring (bicyclic) bond motifs is 1. The van der Waals surface area contributed by atoms with Crippen molar-refractivity contribution in [2.75, 3.05) is 5.73 Å². The number of para-hydroxylation sites is 1. The molecule has 18 heavy (non-hydrogen) atoms. The highest BCUT2D eigenvalue weighted by Gasteiger charge is 2.10. The standard InChI is InChI=1S/C13H10ClN3O/c14-9-6-12-11(7-10(9)15)16-13(18)17(12)8-4-2-1-3-5-8/h1-7H,15H2,(H,16,18). The number of aromatic nitrogens is 2. The Morgan fingerprint density at radius 1 is 1.17 bits per heavy atom. The van der Waals surface area contributed by atoms with Crippen LogP contribution in [0.5, 0.6) is 0 Å². The number of nitrogen functional groups attached to an aromatic ring is 1. The highest BCUT2D eigenvalue weighted by molar-refractivity contribution is 6.33. The average Bonchev–Trinajstić information content (AvgIpc) is 2.66. The van der Waals surface area contributed by atoms with E-state index in [1.54, 1.807) is 16.7 Å². The summed E-state index contributed by atoms with van der Waals surface area (Å²) in [6.07, 6.45) is 0. The van der Waals surface area contributed by atoms with Gasteiger partial charge in [-0.2, -0.15) is 0 Å². The van der Waals surface area contributed by atoms with E-state index >= 15 is 0 Å². The molecule has 0 saturated heterocycles. The third-order valence-corrected chi connectivity index (χ3v) is 3.14. The van der Waals surface area contributed by atoms with Crippen LogP contribution in [-0.2, 0) is 0 Å². The van der Waals surface area contributed by atoms with Gasteiger partial charge in [0.05, 0.1) is 27.4 Å². The monoisotopic (exact) mass is 259 g/mol. The Morgan fingerprint density at radius 2 is 1.89 bits per heavy atom. The van der Waals surface area contributed by atoms with Crippen molar-refractivity contribution >= 4 is 28.3 Å². The molecule has 0 bridgehead atoms. The van der Waals surface area contributed by atoms with Crippen LogP contribution < -0.4 is 11.4 Å². The van der Waals surface area contributed by atoms with Crippen molar-refractivity contribution in [1.82, 2.24) is 9.55 Å². The Labute approximate surface area is 108 Å². The van der Waals surface area contributed by atoms with Gasteiger partial charge < -0.3 is 10.7 Å². The molecule has 4 nitrogen and oxygen atoms in total. The molecule has 2 aromatic carbocycles. The van der Waals surface area contributed by atoms with Gasteiger partial charge in [0.1, 0.15) is 0 Å². The Hall–Kier alpha value is -2.20. The summed E-state index contributed by atoms with van der Waals surface area (Å²) in [6.45, 7) is 0. The summed E-state index contributed by atoms with van der Waals surface area (Å²) in [7, 11) is 0. The third kappa shape index (κ3) is 1.58. The SMILES string of the molecule is Nc1cc2[nH]c(=O)n(-c3ccccc3)c2cc1Cl. The van der Waals surface area contributed by atoms with Gasteiger partial charge in [-0.25, -0.2) is 4.79 Å². The van der Waals surface area contributed by atoms with Crippen LogP contribution in [0.4, 0.5) is 5.69 Å². The van der Waals surface area contributed by atoms with E-state index in [9.17, 15) is 4.79 Å². The zero-order valence-electron chi connectivity index (χ0n) is 9.35. The zero-order valence-corrected chi connectivity index (χ0v) is 10.1. The lowest BCUT2D eigenvalue weighted by atomic mass is 10.2. The molecule has 0 spiro atoms. The average molecular weight is 260 g/mol. The number of hydrogen-bond acceptors (Lipinski definition) is 2. The molecule has 0 saturated carbocycles. The molecule has 0 aliphatic rings. The topological polar surface area (TPSA) is 63.8 Å². The minimum absolute atomic E-state index is 0.210. The van der Waals surface area contributed by atoms with Crippen LogP contribution in [0.15, 0.2) is 47.3 Å². The first-order valence-electron chi connectivity index (χ1n) is 5.42. The molecule has 1 aromatic heterocycles. The number of aromatic amines is 1. The first-order valence-corrected chi connectivity index (χ1v) is 5.80. The second-order valence-electron chi connectivity index (χ2n) is 3.99. The van der Waals surface area contributed by atoms with Gasteiger partial charge in [0.25, 0.3) is 0 Å². The lowest BCUT2D eigenvalue weighted by molar-refractivity contribution is 1.02. The normalized spacial score (nSPS) is 10.9. The van der Waals surface area contributed by atoms with Crippen LogP contribution in [0.1, 0.15) is 0 Å². The van der Waals surface area contributed by atoms with E-state index < -0.39 is 0 Å². The second-order valence-corrected chi connectivity index (χ2v) is 4.40. The molecule has 3 aromatic rings. The van der Waals surface area contributed by atoms with E-state index in [-0.39, 0.29) is 5.69 Å². The molecular weight excluding hydrogens is 250 g/mol. The number of anilines is 1. The van der Waals surface area contributed by atoms with Crippen molar-refractivity contribution in [1.29, 1.82) is 0 Å². The van der Waals surface area contributed by atoms with E-state index in [0.29, 0.717) is 21.7 Å². The number of hydrogen-bond donors (Lipinski definition) is 2. The molecule has 0 aliphatic carbocycles. The molecule has 90 valence electrons. The van der Waals surface area contributed by atoms with Crippen molar-refractivity contribution in [3.8, 4) is 5.69 Å². The van der Waals surface area contributed by atoms with Gasteiger partial charge in [-0.05, 0) is 24.3 Å². The maximum absolute atomic E-state index is 12.0. The summed E-state index contributed by atoms with van der Waals surface area (Å²) < 4.78 is 1.57. The fourth-order valence-electron chi connectivity index (χ4n) is 1.98. The first-order chi connectivity index (χ1) is 8.66. The number of nitrogens with zero attached hydrogens (tertiary/aromatic N) is 1. The van der Waals surface area contributed by atoms with Crippen LogP contribution in [0.2, 0.25) is 5.02 Å². The highest BCUT2D eigenvalue weighted by atomic mass is 35.5. The van der Waals surface area contributed by atoms with Gasteiger partial charge in [-0.15, -0.1) is 0 Å². The number of nitrogens with two attached hydrogens (primary N) is 1. The lowest BCUT2D eigenvalue weighted by Crippen LogP contribution is -2.14. The van der Waals surface area contributed by atoms with Crippen molar-refractivity contribution in [3.63, 3.8) is 0 Å². The van der Waals surface area contributed by atoms with Crippen molar-refractivity contribution in [2.45, 2.75) is 0 Å². The van der Waals surface area contributed by atoms with Crippen LogP contribution in [0.25, 0.3) is 16.7 Å². The summed E-state index contributed by atoms with van der Waals surface area (Å²) in [5, 5.41) is 0.436. The maximum Gasteiger partial charge on any atom is 0.331 e. The van der Waals surface area contributed by atoms with E-state index in [4.69, 9.17) is 17.3 Å². The summed E-state index contributed by atoms with van der Waals surface area (Å²) in [5.74, 6) is 0. The van der Waals surface area contributed by atoms with Gasteiger partial charge in [-0.3, -0.25) is 4.57 Å². The van der Waals surface area contributed by atoms with Crippen molar-refractivity contribution in [2.24, 2.45) is 0 Å². The number of H-pyrrole nitrogens is 1. The molecule has 0 atom stereocenters. The molecule has 3 rings (SSSR count). The van der Waals surface area contributed by atoms with Gasteiger partial charge in [0, 0.05) is 0 Å². The van der Waals surface area contributed by atoms with Crippen molar-refractivity contribution in [3.05, 3.63) is 58.0 Å². The highest BCUT2D eigenvalue weighted by Crippen LogP contribution is 2.25. The Morgan fingerprint density at radius 3 is 2.61 bits per heavy atom. The molecule has 1 heterocycles. The summed E-state index contributed by atoms with van der Waals surface area (Å²) in [6, 6.07) is 12.7. The minimum atomic E-state index is -0.210. The fraction of sp³-hybridized carbons (Fsp3) is 0.